The normalized spacial score (nSPS) is 12.1. The second-order valence-corrected chi connectivity index (χ2v) is 16.7. The molecular weight excluding hydrogens is 860 g/mol. The maximum Gasteiger partial charge on any atom is 0.164 e. The van der Waals surface area contributed by atoms with Gasteiger partial charge in [0, 0.05) is 45.9 Å². The molecule has 61 heavy (non-hydrogen) atoms. The lowest BCUT2D eigenvalue weighted by Crippen LogP contribution is -2.01. The van der Waals surface area contributed by atoms with Gasteiger partial charge in [0.2, 0.25) is 0 Å². The molecule has 0 fully saturated rings. The van der Waals surface area contributed by atoms with E-state index in [4.69, 9.17) is 20.7 Å². The molecule has 0 radical (unpaired) electrons. The van der Waals surface area contributed by atoms with Gasteiger partial charge in [0.25, 0.3) is 0 Å². The van der Waals surface area contributed by atoms with Crippen LogP contribution >= 0.6 is 20.7 Å². The van der Waals surface area contributed by atoms with Crippen molar-refractivity contribution >= 4 is 36.0 Å². The number of rotatable bonds is 9. The van der Waals surface area contributed by atoms with Crippen LogP contribution in [0.15, 0.2) is 205 Å². The Labute approximate surface area is 364 Å². The molecule has 3 aromatic heterocycles. The zero-order valence-electron chi connectivity index (χ0n) is 32.9. The topological polar surface area (TPSA) is 90.5 Å². The molecular formula is C54H37IN6. The van der Waals surface area contributed by atoms with Crippen LogP contribution in [-0.4, -0.2) is 28.9 Å². The Bertz CT molecular complexity index is 3090. The number of hydrogen-bond donors (Lipinski definition) is 1. The van der Waals surface area contributed by atoms with Gasteiger partial charge in [-0.1, -0.05) is 124 Å². The van der Waals surface area contributed by atoms with E-state index in [0.29, 0.717) is 23.2 Å². The highest BCUT2D eigenvalue weighted by atomic mass is 127. The molecule has 0 unspecified atom stereocenters. The molecule has 9 aromatic rings. The van der Waals surface area contributed by atoms with Gasteiger partial charge >= 0.3 is 0 Å². The first-order valence-electron chi connectivity index (χ1n) is 19.9. The van der Waals surface area contributed by atoms with Gasteiger partial charge in [-0.15, -0.1) is 0 Å². The predicted molar refractivity (Wildman–Crippen MR) is 261 cm³/mol. The largest absolute Gasteiger partial charge is 0.399 e. The van der Waals surface area contributed by atoms with Gasteiger partial charge in [-0.3, -0.25) is 9.97 Å². The summed E-state index contributed by atoms with van der Waals surface area (Å²) in [6.07, 6.45) is 8.00. The highest BCUT2D eigenvalue weighted by Crippen LogP contribution is 2.37. The summed E-state index contributed by atoms with van der Waals surface area (Å²) in [6, 6.07) is 60.5. The van der Waals surface area contributed by atoms with Crippen LogP contribution < -0.4 is 5.73 Å². The summed E-state index contributed by atoms with van der Waals surface area (Å²) in [6.45, 7) is 0. The van der Waals surface area contributed by atoms with Crippen molar-refractivity contribution in [2.45, 2.75) is 0 Å². The minimum Gasteiger partial charge on any atom is -0.399 e. The van der Waals surface area contributed by atoms with Crippen molar-refractivity contribution in [3.05, 3.63) is 210 Å². The molecule has 4 heterocycles. The third-order valence-corrected chi connectivity index (χ3v) is 12.4. The van der Waals surface area contributed by atoms with E-state index >= 15 is 0 Å². The third-order valence-electron chi connectivity index (χ3n) is 10.6. The summed E-state index contributed by atoms with van der Waals surface area (Å²) in [7, 11) is 0. The van der Waals surface area contributed by atoms with Crippen LogP contribution in [0.5, 0.6) is 0 Å². The zero-order valence-corrected chi connectivity index (χ0v) is 35.1. The third kappa shape index (κ3) is 8.37. The van der Waals surface area contributed by atoms with Gasteiger partial charge in [-0.05, 0) is 138 Å². The van der Waals surface area contributed by atoms with Crippen molar-refractivity contribution in [2.24, 2.45) is 0 Å². The molecule has 290 valence electrons. The quantitative estimate of drug-likeness (QED) is 0.115. The maximum atomic E-state index is 6.16. The van der Waals surface area contributed by atoms with Gasteiger partial charge in [0.05, 0.1) is 11.4 Å². The smallest absolute Gasteiger partial charge is 0.164 e. The number of halogens is 1. The molecule has 0 spiro atoms. The van der Waals surface area contributed by atoms with E-state index in [1.807, 2.05) is 79.1 Å². The molecule has 2 N–H and O–H groups in total. The first-order valence-corrected chi connectivity index (χ1v) is 22.4. The van der Waals surface area contributed by atoms with Gasteiger partial charge in [0.1, 0.15) is 0 Å². The molecule has 0 aliphatic carbocycles. The minimum atomic E-state index is -0.182. The van der Waals surface area contributed by atoms with Gasteiger partial charge in [-0.2, -0.15) is 0 Å². The molecule has 6 nitrogen and oxygen atoms in total. The number of aromatic nitrogens is 5. The number of nitrogens with zero attached hydrogens (tertiary/aromatic N) is 5. The lowest BCUT2D eigenvalue weighted by atomic mass is 9.94. The maximum absolute atomic E-state index is 6.16. The van der Waals surface area contributed by atoms with E-state index in [-0.39, 0.29) is 20.7 Å². The number of nitrogen functional groups attached to an aromatic ring is 1. The molecule has 0 saturated heterocycles. The van der Waals surface area contributed by atoms with Crippen LogP contribution in [0, 0.1) is 0 Å². The fraction of sp³-hybridized carbons (Fsp3) is 0. The number of pyridine rings is 2. The Morgan fingerprint density at radius 2 is 0.787 bits per heavy atom. The average molecular weight is 897 g/mol. The van der Waals surface area contributed by atoms with Crippen molar-refractivity contribution in [2.75, 3.05) is 5.73 Å². The predicted octanol–water partition coefficient (Wildman–Crippen LogP) is 13.3. The summed E-state index contributed by atoms with van der Waals surface area (Å²) in [5.41, 5.74) is 22.2. The standard InChI is InChI=1S/C54H37IN6/c56-49-24-22-41(23-25-49)52-59-53(47-31-43(36-9-2-1-3-10-36)29-44(32-47)37-14-18-39(19-15-37)50-12-4-6-27-57-50)61-54(60-52)48-33-45(30-46(34-48)42-11-8-26-55-35-42)38-16-20-40(21-17-38)51-13-5-7-28-58-51/h1-35H,56H2. The molecule has 6 aromatic carbocycles. The molecule has 0 atom stereocenters. The summed E-state index contributed by atoms with van der Waals surface area (Å²) in [5.74, 6) is 1.72. The van der Waals surface area contributed by atoms with E-state index in [1.54, 1.807) is 0 Å². The Hall–Kier alpha value is -7.49. The van der Waals surface area contributed by atoms with E-state index in [0.717, 1.165) is 78.1 Å². The van der Waals surface area contributed by atoms with Gasteiger partial charge in [-0.25, -0.2) is 15.0 Å². The molecule has 10 rings (SSSR count). The van der Waals surface area contributed by atoms with Crippen LogP contribution in [0.1, 0.15) is 5.56 Å². The first kappa shape index (κ1) is 37.8. The van der Waals surface area contributed by atoms with Crippen LogP contribution in [0.25, 0.3) is 95.6 Å². The van der Waals surface area contributed by atoms with Gasteiger partial charge < -0.3 is 5.73 Å². The molecule has 0 amide bonds. The molecule has 1 aliphatic rings. The number of allylic oxidation sites excluding steroid dienone is 3. The SMILES string of the molecule is Nc1ccc(-c2nc(-c3cc(C4=CI=CC=C4)cc(-c4ccc(-c5ccccn5)cc4)c3)nc(-c3cc(-c4ccccc4)cc(-c4ccc(-c5ccccn5)cc4)c3)n2)cc1. The summed E-state index contributed by atoms with van der Waals surface area (Å²) >= 11 is -0.182. The van der Waals surface area contributed by atoms with E-state index in [2.05, 4.69) is 139 Å². The zero-order chi connectivity index (χ0) is 41.0. The lowest BCUT2D eigenvalue weighted by molar-refractivity contribution is 1.07. The van der Waals surface area contributed by atoms with E-state index < -0.39 is 0 Å². The Morgan fingerprint density at radius 3 is 1.28 bits per heavy atom. The average Bonchev–Trinajstić information content (AvgIpc) is 3.35. The molecule has 7 heteroatoms. The Kier molecular flexibility index (Phi) is 10.5. The van der Waals surface area contributed by atoms with E-state index in [9.17, 15) is 0 Å². The summed E-state index contributed by atoms with van der Waals surface area (Å²) in [4.78, 5) is 24.8. The first-order chi connectivity index (χ1) is 30.1. The van der Waals surface area contributed by atoms with Crippen molar-refractivity contribution in [3.8, 4) is 90.1 Å². The monoisotopic (exact) mass is 896 g/mol. The fourth-order valence-electron chi connectivity index (χ4n) is 7.42. The van der Waals surface area contributed by atoms with E-state index in [1.165, 1.54) is 5.57 Å². The van der Waals surface area contributed by atoms with Crippen molar-refractivity contribution in [1.29, 1.82) is 0 Å². The van der Waals surface area contributed by atoms with Crippen molar-refractivity contribution in [1.82, 2.24) is 24.9 Å². The molecule has 1 aliphatic heterocycles. The van der Waals surface area contributed by atoms with Crippen molar-refractivity contribution < 1.29 is 0 Å². The van der Waals surface area contributed by atoms with Gasteiger partial charge in [0.15, 0.2) is 17.5 Å². The number of hydrogen-bond acceptors (Lipinski definition) is 6. The summed E-state index contributed by atoms with van der Waals surface area (Å²) in [5, 5.41) is 0. The fourth-order valence-corrected chi connectivity index (χ4v) is 9.03. The van der Waals surface area contributed by atoms with Crippen LogP contribution in [0.4, 0.5) is 5.69 Å². The Balaban J connectivity index is 1.14. The lowest BCUT2D eigenvalue weighted by Gasteiger charge is -2.14. The number of benzene rings is 6. The minimum absolute atomic E-state index is 0.182. The van der Waals surface area contributed by atoms with Crippen LogP contribution in [0.3, 0.4) is 0 Å². The second-order valence-electron chi connectivity index (χ2n) is 14.7. The van der Waals surface area contributed by atoms with Crippen molar-refractivity contribution in [3.63, 3.8) is 0 Å². The summed E-state index contributed by atoms with van der Waals surface area (Å²) < 4.78 is 4.64. The highest BCUT2D eigenvalue weighted by Gasteiger charge is 2.17. The molecule has 0 bridgehead atoms. The highest BCUT2D eigenvalue weighted by molar-refractivity contribution is 14.2. The second kappa shape index (κ2) is 17.0. The van der Waals surface area contributed by atoms with Crippen LogP contribution in [-0.2, 0) is 0 Å². The van der Waals surface area contributed by atoms with Crippen LogP contribution in [0.2, 0.25) is 0 Å². The number of anilines is 1. The number of nitrogens with two attached hydrogens (primary N) is 1. The Morgan fingerprint density at radius 1 is 0.361 bits per heavy atom. The molecule has 0 saturated carbocycles.